The van der Waals surface area contributed by atoms with E-state index in [1.165, 1.54) is 0 Å². The van der Waals surface area contributed by atoms with Gasteiger partial charge in [-0.25, -0.2) is 0 Å². The van der Waals surface area contributed by atoms with Gasteiger partial charge in [-0.3, -0.25) is 4.79 Å². The lowest BCUT2D eigenvalue weighted by atomic mass is 9.91. The summed E-state index contributed by atoms with van der Waals surface area (Å²) in [5.74, 6) is 0.437. The summed E-state index contributed by atoms with van der Waals surface area (Å²) in [5, 5.41) is 9.28. The summed E-state index contributed by atoms with van der Waals surface area (Å²) in [7, 11) is 0. The van der Waals surface area contributed by atoms with E-state index in [0.717, 1.165) is 29.5 Å². The highest BCUT2D eigenvalue weighted by atomic mass is 35.5. The maximum Gasteiger partial charge on any atom is 0.177 e. The van der Waals surface area contributed by atoms with Crippen LogP contribution in [0.3, 0.4) is 0 Å². The molecule has 21 heavy (non-hydrogen) atoms. The van der Waals surface area contributed by atoms with E-state index in [9.17, 15) is 10.1 Å². The number of benzene rings is 2. The van der Waals surface area contributed by atoms with Crippen molar-refractivity contribution < 1.29 is 4.79 Å². The van der Waals surface area contributed by atoms with Gasteiger partial charge in [-0.05, 0) is 47.6 Å². The van der Waals surface area contributed by atoms with Crippen LogP contribution in [0.25, 0.3) is 11.1 Å². The number of carbonyl (C=O) groups excluding carboxylic acids is 1. The quantitative estimate of drug-likeness (QED) is 0.614. The van der Waals surface area contributed by atoms with E-state index < -0.39 is 0 Å². The molecule has 1 fully saturated rings. The summed E-state index contributed by atoms with van der Waals surface area (Å²) in [6, 6.07) is 15.5. The normalized spacial score (nSPS) is 13.7. The topological polar surface area (TPSA) is 40.9 Å². The third kappa shape index (κ3) is 2.70. The van der Waals surface area contributed by atoms with E-state index in [-0.39, 0.29) is 11.7 Å². The van der Waals surface area contributed by atoms with Crippen LogP contribution in [0, 0.1) is 11.3 Å². The molecule has 0 heterocycles. The molecule has 0 aromatic heterocycles. The van der Waals surface area contributed by atoms with Crippen LogP contribution in [0.5, 0.6) is 0 Å². The number of alkyl halides is 1. The first kappa shape index (κ1) is 13.9. The highest BCUT2D eigenvalue weighted by molar-refractivity contribution is 6.30. The summed E-state index contributed by atoms with van der Waals surface area (Å²) < 4.78 is 0. The Balaban J connectivity index is 2.14. The third-order valence-electron chi connectivity index (χ3n) is 3.85. The Labute approximate surface area is 129 Å². The summed E-state index contributed by atoms with van der Waals surface area (Å²) in [5.41, 5.74) is 4.47. The zero-order valence-corrected chi connectivity index (χ0v) is 12.2. The predicted molar refractivity (Wildman–Crippen MR) is 83.6 cm³/mol. The number of hydrogen-bond acceptors (Lipinski definition) is 2. The molecule has 1 saturated carbocycles. The summed E-state index contributed by atoms with van der Waals surface area (Å²) in [6.45, 7) is 0. The number of hydrogen-bond donors (Lipinski definition) is 0. The fourth-order valence-electron chi connectivity index (χ4n) is 2.61. The summed E-state index contributed by atoms with van der Waals surface area (Å²) in [6.07, 6.45) is 2.28. The summed E-state index contributed by atoms with van der Waals surface area (Å²) in [4.78, 5) is 11.8. The Kier molecular flexibility index (Phi) is 3.77. The van der Waals surface area contributed by atoms with Crippen molar-refractivity contribution in [2.45, 2.75) is 18.8 Å². The molecule has 2 nitrogen and oxygen atoms in total. The largest absolute Gasteiger partial charge is 0.293 e. The molecule has 0 spiro atoms. The van der Waals surface area contributed by atoms with Gasteiger partial charge in [0, 0.05) is 5.56 Å². The van der Waals surface area contributed by atoms with E-state index >= 15 is 0 Å². The van der Waals surface area contributed by atoms with Crippen LogP contribution in [0.2, 0.25) is 0 Å². The molecular formula is C18H14ClNO. The minimum atomic E-state index is -0.0568. The Hall–Kier alpha value is -2.11. The number of rotatable bonds is 4. The molecule has 0 saturated heterocycles. The van der Waals surface area contributed by atoms with Crippen molar-refractivity contribution in [3.8, 4) is 17.2 Å². The van der Waals surface area contributed by atoms with Gasteiger partial charge >= 0.3 is 0 Å². The number of nitrogens with zero attached hydrogens (tertiary/aromatic N) is 1. The van der Waals surface area contributed by atoms with Crippen LogP contribution in [-0.2, 0) is 0 Å². The van der Waals surface area contributed by atoms with Gasteiger partial charge in [0.2, 0.25) is 0 Å². The second-order valence-corrected chi connectivity index (χ2v) is 5.56. The number of Topliss-reactive ketones (excluding diaryl/α,β-unsaturated/α-hetero) is 1. The second-order valence-electron chi connectivity index (χ2n) is 5.29. The van der Waals surface area contributed by atoms with E-state index in [2.05, 4.69) is 6.07 Å². The maximum atomic E-state index is 11.8. The van der Waals surface area contributed by atoms with Gasteiger partial charge in [0.15, 0.2) is 5.78 Å². The number of ketones is 1. The third-order valence-corrected chi connectivity index (χ3v) is 4.09. The highest BCUT2D eigenvalue weighted by Gasteiger charge is 2.27. The standard InChI is InChI=1S/C18H14ClNO/c19-10-18(21)13-7-8-16(17(9-13)12-5-6-12)15-4-2-1-3-14(15)11-20/h1-4,7-9,12H,5-6,10H2. The Morgan fingerprint density at radius 1 is 1.19 bits per heavy atom. The average Bonchev–Trinajstić information content (AvgIpc) is 3.38. The van der Waals surface area contributed by atoms with Crippen molar-refractivity contribution >= 4 is 17.4 Å². The second kappa shape index (κ2) is 5.71. The van der Waals surface area contributed by atoms with Gasteiger partial charge in [0.05, 0.1) is 17.5 Å². The molecule has 0 atom stereocenters. The molecule has 0 radical (unpaired) electrons. The maximum absolute atomic E-state index is 11.8. The molecule has 104 valence electrons. The molecule has 2 aromatic rings. The number of nitriles is 1. The van der Waals surface area contributed by atoms with Gasteiger partial charge < -0.3 is 0 Å². The summed E-state index contributed by atoms with van der Waals surface area (Å²) >= 11 is 5.65. The van der Waals surface area contributed by atoms with Crippen LogP contribution in [0.15, 0.2) is 42.5 Å². The Morgan fingerprint density at radius 3 is 2.62 bits per heavy atom. The van der Waals surface area contributed by atoms with Gasteiger partial charge in [0.1, 0.15) is 0 Å². The van der Waals surface area contributed by atoms with Crippen LogP contribution in [0.1, 0.15) is 40.2 Å². The molecular weight excluding hydrogens is 282 g/mol. The fourth-order valence-corrected chi connectivity index (χ4v) is 2.76. The first-order chi connectivity index (χ1) is 10.2. The fraction of sp³-hybridized carbons (Fsp3) is 0.222. The van der Waals surface area contributed by atoms with Gasteiger partial charge in [0.25, 0.3) is 0 Å². The highest BCUT2D eigenvalue weighted by Crippen LogP contribution is 2.45. The predicted octanol–water partition coefficient (Wildman–Crippen LogP) is 4.52. The van der Waals surface area contributed by atoms with Crippen molar-refractivity contribution in [3.05, 3.63) is 59.2 Å². The lowest BCUT2D eigenvalue weighted by Crippen LogP contribution is -2.02. The van der Waals surface area contributed by atoms with Gasteiger partial charge in [-0.1, -0.05) is 30.3 Å². The molecule has 2 aromatic carbocycles. The molecule has 3 rings (SSSR count). The van der Waals surface area contributed by atoms with Crippen molar-refractivity contribution in [1.82, 2.24) is 0 Å². The zero-order chi connectivity index (χ0) is 14.8. The van der Waals surface area contributed by atoms with Crippen LogP contribution in [-0.4, -0.2) is 11.7 Å². The van der Waals surface area contributed by atoms with Crippen molar-refractivity contribution in [1.29, 1.82) is 5.26 Å². The minimum absolute atomic E-state index is 0.00175. The van der Waals surface area contributed by atoms with Crippen LogP contribution >= 0.6 is 11.6 Å². The lowest BCUT2D eigenvalue weighted by molar-refractivity contribution is 0.102. The molecule has 0 N–H and O–H groups in total. The van der Waals surface area contributed by atoms with Crippen molar-refractivity contribution in [2.24, 2.45) is 0 Å². The molecule has 0 unspecified atom stereocenters. The molecule has 1 aliphatic carbocycles. The monoisotopic (exact) mass is 295 g/mol. The van der Waals surface area contributed by atoms with E-state index in [1.807, 2.05) is 36.4 Å². The minimum Gasteiger partial charge on any atom is -0.293 e. The Morgan fingerprint density at radius 2 is 1.95 bits per heavy atom. The first-order valence-corrected chi connectivity index (χ1v) is 7.50. The molecule has 0 bridgehead atoms. The molecule has 1 aliphatic rings. The number of halogens is 1. The van der Waals surface area contributed by atoms with Crippen LogP contribution < -0.4 is 0 Å². The molecule has 0 amide bonds. The van der Waals surface area contributed by atoms with Gasteiger partial charge in [-0.2, -0.15) is 5.26 Å². The number of carbonyl (C=O) groups is 1. The molecule has 3 heteroatoms. The van der Waals surface area contributed by atoms with Crippen molar-refractivity contribution in [3.63, 3.8) is 0 Å². The van der Waals surface area contributed by atoms with Crippen LogP contribution in [0.4, 0.5) is 0 Å². The Bertz CT molecular complexity index is 741. The van der Waals surface area contributed by atoms with Gasteiger partial charge in [-0.15, -0.1) is 11.6 Å². The first-order valence-electron chi connectivity index (χ1n) is 6.97. The smallest absolute Gasteiger partial charge is 0.177 e. The zero-order valence-electron chi connectivity index (χ0n) is 11.5. The molecule has 0 aliphatic heterocycles. The van der Waals surface area contributed by atoms with E-state index in [1.54, 1.807) is 6.07 Å². The lowest BCUT2D eigenvalue weighted by Gasteiger charge is -2.12. The van der Waals surface area contributed by atoms with E-state index in [4.69, 9.17) is 11.6 Å². The average molecular weight is 296 g/mol. The SMILES string of the molecule is N#Cc1ccccc1-c1ccc(C(=O)CCl)cc1C1CC1. The van der Waals surface area contributed by atoms with E-state index in [0.29, 0.717) is 17.0 Å². The van der Waals surface area contributed by atoms with Crippen molar-refractivity contribution in [2.75, 3.05) is 5.88 Å².